The number of nitrogens with zero attached hydrogens (tertiary/aromatic N) is 2. The van der Waals surface area contributed by atoms with Crippen molar-refractivity contribution in [2.24, 2.45) is 0 Å². The third-order valence-corrected chi connectivity index (χ3v) is 7.53. The van der Waals surface area contributed by atoms with Gasteiger partial charge < -0.3 is 5.32 Å². The summed E-state index contributed by atoms with van der Waals surface area (Å²) >= 11 is 6.47. The van der Waals surface area contributed by atoms with Crippen LogP contribution >= 0.6 is 11.6 Å². The van der Waals surface area contributed by atoms with E-state index in [0.717, 1.165) is 41.0 Å². The molecule has 0 unspecified atom stereocenters. The van der Waals surface area contributed by atoms with Crippen molar-refractivity contribution < 1.29 is 14.4 Å². The van der Waals surface area contributed by atoms with Crippen LogP contribution < -0.4 is 10.2 Å². The Morgan fingerprint density at radius 3 is 2.11 bits per heavy atom. The van der Waals surface area contributed by atoms with Crippen LogP contribution in [0.1, 0.15) is 82.8 Å². The first-order valence-corrected chi connectivity index (χ1v) is 12.9. The third-order valence-electron chi connectivity index (χ3n) is 7.21. The van der Waals surface area contributed by atoms with E-state index >= 15 is 0 Å². The van der Waals surface area contributed by atoms with Crippen molar-refractivity contribution in [2.45, 2.75) is 77.2 Å². The Bertz CT molecular complexity index is 1110. The van der Waals surface area contributed by atoms with Gasteiger partial charge in [-0.25, -0.2) is 4.79 Å². The molecule has 0 radical (unpaired) electrons. The quantitative estimate of drug-likeness (QED) is 0.453. The smallest absolute Gasteiger partial charge is 0.324 e. The zero-order chi connectivity index (χ0) is 25.3. The number of nitrogens with one attached hydrogen (secondary N) is 1. The highest BCUT2D eigenvalue weighted by Crippen LogP contribution is 2.45. The average Bonchev–Trinajstić information content (AvgIpc) is 3.01. The lowest BCUT2D eigenvalue weighted by Gasteiger charge is -2.38. The Balaban J connectivity index is 1.65. The first-order chi connectivity index (χ1) is 16.7. The van der Waals surface area contributed by atoms with Gasteiger partial charge in [0.2, 0.25) is 5.91 Å². The average molecular weight is 496 g/mol. The van der Waals surface area contributed by atoms with Gasteiger partial charge in [0, 0.05) is 5.69 Å². The Kier molecular flexibility index (Phi) is 7.22. The molecule has 1 saturated heterocycles. The zero-order valence-electron chi connectivity index (χ0n) is 20.9. The number of halogens is 1. The maximum absolute atomic E-state index is 13.8. The Morgan fingerprint density at radius 1 is 0.943 bits per heavy atom. The molecule has 7 heteroatoms. The monoisotopic (exact) mass is 495 g/mol. The summed E-state index contributed by atoms with van der Waals surface area (Å²) in [6, 6.07) is 12.6. The molecular formula is C28H34ClN3O3. The van der Waals surface area contributed by atoms with Crippen molar-refractivity contribution in [2.75, 3.05) is 16.8 Å². The van der Waals surface area contributed by atoms with Crippen LogP contribution in [0.2, 0.25) is 5.02 Å². The van der Waals surface area contributed by atoms with Gasteiger partial charge in [-0.15, -0.1) is 0 Å². The molecule has 0 atom stereocenters. The summed E-state index contributed by atoms with van der Waals surface area (Å²) in [5, 5.41) is 3.45. The minimum Gasteiger partial charge on any atom is -0.324 e. The van der Waals surface area contributed by atoms with Crippen molar-refractivity contribution in [3.8, 4) is 0 Å². The molecule has 2 fully saturated rings. The summed E-state index contributed by atoms with van der Waals surface area (Å²) < 4.78 is 0. The normalized spacial score (nSPS) is 17.7. The maximum atomic E-state index is 13.8. The van der Waals surface area contributed by atoms with Gasteiger partial charge in [-0.1, -0.05) is 88.9 Å². The van der Waals surface area contributed by atoms with Gasteiger partial charge >= 0.3 is 6.03 Å². The van der Waals surface area contributed by atoms with Crippen molar-refractivity contribution in [3.63, 3.8) is 0 Å². The highest BCUT2D eigenvalue weighted by Gasteiger charge is 2.58. The maximum Gasteiger partial charge on any atom is 0.332 e. The fourth-order valence-corrected chi connectivity index (χ4v) is 5.66. The molecular weight excluding hydrogens is 462 g/mol. The fraction of sp³-hybridized carbons (Fsp3) is 0.464. The largest absolute Gasteiger partial charge is 0.332 e. The standard InChI is InChI=1S/C28H34ClN3O3/c1-18(2)20-11-10-12-21(19(3)4)25(20)30-24(33)17-31-26(34)28(15-8-5-9-16-28)32(27(31)35)23-14-7-6-13-22(23)29/h6-7,10-14,18-19H,5,8-9,15-17H2,1-4H3,(H,30,33). The number of imide groups is 1. The summed E-state index contributed by atoms with van der Waals surface area (Å²) in [4.78, 5) is 43.4. The third kappa shape index (κ3) is 4.56. The number of para-hydroxylation sites is 2. The molecule has 1 spiro atoms. The molecule has 1 aliphatic heterocycles. The highest BCUT2D eigenvalue weighted by atomic mass is 35.5. The molecule has 2 aliphatic rings. The molecule has 4 amide bonds. The van der Waals surface area contributed by atoms with E-state index in [1.807, 2.05) is 18.2 Å². The van der Waals surface area contributed by atoms with Gasteiger partial charge in [-0.3, -0.25) is 19.4 Å². The lowest BCUT2D eigenvalue weighted by atomic mass is 9.80. The molecule has 1 N–H and O–H groups in total. The van der Waals surface area contributed by atoms with Crippen LogP contribution in [0.3, 0.4) is 0 Å². The Hall–Kier alpha value is -2.86. The Morgan fingerprint density at radius 2 is 1.54 bits per heavy atom. The van der Waals surface area contributed by atoms with E-state index in [1.54, 1.807) is 29.2 Å². The van der Waals surface area contributed by atoms with Gasteiger partial charge in [-0.2, -0.15) is 0 Å². The lowest BCUT2D eigenvalue weighted by Crippen LogP contribution is -2.51. The lowest BCUT2D eigenvalue weighted by molar-refractivity contribution is -0.134. The van der Waals surface area contributed by atoms with E-state index in [0.29, 0.717) is 23.6 Å². The Labute approximate surface area is 212 Å². The van der Waals surface area contributed by atoms with E-state index in [2.05, 4.69) is 33.0 Å². The van der Waals surface area contributed by atoms with Crippen LogP contribution in [-0.2, 0) is 9.59 Å². The van der Waals surface area contributed by atoms with Gasteiger partial charge in [-0.05, 0) is 47.9 Å². The predicted molar refractivity (Wildman–Crippen MR) is 140 cm³/mol. The summed E-state index contributed by atoms with van der Waals surface area (Å²) in [7, 11) is 0. The van der Waals surface area contributed by atoms with E-state index in [-0.39, 0.29) is 30.2 Å². The molecule has 186 valence electrons. The second-order valence-corrected chi connectivity index (χ2v) is 10.6. The van der Waals surface area contributed by atoms with E-state index in [4.69, 9.17) is 11.6 Å². The molecule has 2 aromatic carbocycles. The van der Waals surface area contributed by atoms with E-state index in [1.165, 1.54) is 0 Å². The minimum absolute atomic E-state index is 0.209. The minimum atomic E-state index is -0.987. The van der Waals surface area contributed by atoms with Crippen molar-refractivity contribution in [1.29, 1.82) is 0 Å². The summed E-state index contributed by atoms with van der Waals surface area (Å²) in [6.45, 7) is 7.99. The van der Waals surface area contributed by atoms with Crippen LogP contribution in [0.15, 0.2) is 42.5 Å². The fourth-order valence-electron chi connectivity index (χ4n) is 5.44. The number of hydrogen-bond donors (Lipinski definition) is 1. The molecule has 4 rings (SSSR count). The van der Waals surface area contributed by atoms with Gasteiger partial charge in [0.1, 0.15) is 12.1 Å². The number of urea groups is 1. The van der Waals surface area contributed by atoms with Crippen molar-refractivity contribution in [1.82, 2.24) is 4.90 Å². The number of carbonyl (C=O) groups excluding carboxylic acids is 3. The summed E-state index contributed by atoms with van der Waals surface area (Å²) in [5.41, 5.74) is 2.37. The van der Waals surface area contributed by atoms with Gasteiger partial charge in [0.05, 0.1) is 10.7 Å². The second-order valence-electron chi connectivity index (χ2n) is 10.2. The molecule has 35 heavy (non-hydrogen) atoms. The molecule has 0 aromatic heterocycles. The molecule has 1 saturated carbocycles. The SMILES string of the molecule is CC(C)c1cccc(C(C)C)c1NC(=O)CN1C(=O)N(c2ccccc2Cl)C2(CCCCC2)C1=O. The molecule has 0 bridgehead atoms. The van der Waals surface area contributed by atoms with Crippen LogP contribution in [-0.4, -0.2) is 34.8 Å². The number of benzene rings is 2. The van der Waals surface area contributed by atoms with Crippen molar-refractivity contribution >= 4 is 40.8 Å². The summed E-state index contributed by atoms with van der Waals surface area (Å²) in [5.74, 6) is -0.271. The van der Waals surface area contributed by atoms with Crippen LogP contribution in [0.25, 0.3) is 0 Å². The number of carbonyl (C=O) groups is 3. The van der Waals surface area contributed by atoms with E-state index < -0.39 is 11.6 Å². The number of hydrogen-bond acceptors (Lipinski definition) is 3. The first kappa shape index (κ1) is 25.2. The molecule has 1 heterocycles. The molecule has 1 aliphatic carbocycles. The highest BCUT2D eigenvalue weighted by molar-refractivity contribution is 6.34. The van der Waals surface area contributed by atoms with Crippen LogP contribution in [0.4, 0.5) is 16.2 Å². The van der Waals surface area contributed by atoms with Crippen LogP contribution in [0.5, 0.6) is 0 Å². The molecule has 6 nitrogen and oxygen atoms in total. The van der Waals surface area contributed by atoms with Gasteiger partial charge in [0.15, 0.2) is 0 Å². The number of anilines is 2. The topological polar surface area (TPSA) is 69.7 Å². The molecule has 2 aromatic rings. The zero-order valence-corrected chi connectivity index (χ0v) is 21.7. The van der Waals surface area contributed by atoms with Gasteiger partial charge in [0.25, 0.3) is 5.91 Å². The van der Waals surface area contributed by atoms with Crippen molar-refractivity contribution in [3.05, 3.63) is 58.6 Å². The number of amides is 4. The van der Waals surface area contributed by atoms with Crippen LogP contribution in [0, 0.1) is 0 Å². The summed E-state index contributed by atoms with van der Waals surface area (Å²) in [6.07, 6.45) is 3.84. The number of rotatable bonds is 6. The predicted octanol–water partition coefficient (Wildman–Crippen LogP) is 6.70. The second kappa shape index (κ2) is 10.0. The van der Waals surface area contributed by atoms with E-state index in [9.17, 15) is 14.4 Å². The first-order valence-electron chi connectivity index (χ1n) is 12.5.